The maximum Gasteiger partial charge on any atom is 0.256 e. The van der Waals surface area contributed by atoms with Gasteiger partial charge in [-0.3, -0.25) is 19.1 Å². The Morgan fingerprint density at radius 1 is 1.14 bits per heavy atom. The van der Waals surface area contributed by atoms with E-state index < -0.39 is 0 Å². The molecule has 1 fully saturated rings. The normalized spacial score (nSPS) is 14.9. The number of rotatable bonds is 4. The van der Waals surface area contributed by atoms with Crippen molar-refractivity contribution in [2.45, 2.75) is 39.3 Å². The number of amides is 1. The molecule has 0 atom stereocenters. The monoisotopic (exact) mass is 392 g/mol. The minimum absolute atomic E-state index is 0.0196. The molecule has 1 aliphatic rings. The van der Waals surface area contributed by atoms with Crippen molar-refractivity contribution in [1.29, 1.82) is 0 Å². The summed E-state index contributed by atoms with van der Waals surface area (Å²) >= 11 is 0. The van der Waals surface area contributed by atoms with Crippen LogP contribution in [-0.4, -0.2) is 44.5 Å². The summed E-state index contributed by atoms with van der Waals surface area (Å²) in [6, 6.07) is 9.84. The number of pyridine rings is 1. The van der Waals surface area contributed by atoms with Gasteiger partial charge < -0.3 is 9.64 Å². The molecule has 4 rings (SSSR count). The van der Waals surface area contributed by atoms with Gasteiger partial charge in [0, 0.05) is 48.8 Å². The Morgan fingerprint density at radius 3 is 2.69 bits per heavy atom. The summed E-state index contributed by atoms with van der Waals surface area (Å²) in [6.45, 7) is 4.75. The number of nitrogens with zero attached hydrogens (tertiary/aromatic N) is 4. The fraction of sp³-hybridized carbons (Fsp3) is 0.364. The third-order valence-corrected chi connectivity index (χ3v) is 5.50. The predicted octanol–water partition coefficient (Wildman–Crippen LogP) is 2.48. The van der Waals surface area contributed by atoms with Crippen LogP contribution in [0.5, 0.6) is 5.75 Å². The number of carbonyl (C=O) groups is 1. The number of carbonyl (C=O) groups excluding carboxylic acids is 1. The Bertz CT molecular complexity index is 1100. The lowest BCUT2D eigenvalue weighted by Crippen LogP contribution is -2.44. The van der Waals surface area contributed by atoms with Crippen molar-refractivity contribution in [3.63, 3.8) is 0 Å². The lowest BCUT2D eigenvalue weighted by atomic mass is 10.1. The Labute approximate surface area is 169 Å². The third-order valence-electron chi connectivity index (χ3n) is 5.50. The van der Waals surface area contributed by atoms with Crippen LogP contribution in [0.4, 0.5) is 0 Å². The first-order chi connectivity index (χ1) is 14.0. The van der Waals surface area contributed by atoms with Crippen molar-refractivity contribution < 1.29 is 9.53 Å². The Kier molecular flexibility index (Phi) is 5.29. The molecular formula is C22H24N4O3. The van der Waals surface area contributed by atoms with E-state index >= 15 is 0 Å². The lowest BCUT2D eigenvalue weighted by molar-refractivity contribution is -0.133. The second kappa shape index (κ2) is 8.03. The molecule has 150 valence electrons. The molecule has 0 aliphatic carbocycles. The van der Waals surface area contributed by atoms with Gasteiger partial charge in [0.25, 0.3) is 5.56 Å². The molecule has 1 amide bonds. The van der Waals surface area contributed by atoms with Crippen LogP contribution < -0.4 is 10.3 Å². The molecule has 0 N–H and O–H groups in total. The molecule has 0 unspecified atom stereocenters. The van der Waals surface area contributed by atoms with Gasteiger partial charge in [-0.1, -0.05) is 18.2 Å². The molecule has 0 saturated carbocycles. The highest BCUT2D eigenvalue weighted by molar-refractivity contribution is 5.84. The Balaban J connectivity index is 1.37. The van der Waals surface area contributed by atoms with Crippen LogP contribution in [0.2, 0.25) is 0 Å². The molecule has 7 heteroatoms. The topological polar surface area (TPSA) is 77.3 Å². The average Bonchev–Trinajstić information content (AvgIpc) is 2.75. The second-order valence-corrected chi connectivity index (χ2v) is 7.42. The number of hydrogen-bond acceptors (Lipinski definition) is 5. The molecule has 1 aliphatic heterocycles. The van der Waals surface area contributed by atoms with E-state index in [2.05, 4.69) is 9.97 Å². The molecule has 1 aromatic carbocycles. The van der Waals surface area contributed by atoms with Crippen molar-refractivity contribution in [3.05, 3.63) is 64.5 Å². The van der Waals surface area contributed by atoms with Gasteiger partial charge in [0.2, 0.25) is 5.91 Å². The van der Waals surface area contributed by atoms with Crippen molar-refractivity contribution in [1.82, 2.24) is 19.4 Å². The number of benzene rings is 1. The first kappa shape index (κ1) is 19.1. The van der Waals surface area contributed by atoms with Crippen molar-refractivity contribution >= 4 is 16.8 Å². The van der Waals surface area contributed by atoms with Crippen LogP contribution in [-0.2, 0) is 11.3 Å². The number of aromatic nitrogens is 3. The summed E-state index contributed by atoms with van der Waals surface area (Å²) in [6.07, 6.45) is 4.74. The standard InChI is InChI=1S/C22H24N4O3/c1-15-16(2)24-14-26(22(15)28)13-20(27)25-11-8-18(9-12-25)29-19-7-3-5-17-6-4-10-23-21(17)19/h3-7,10,14,18H,8-9,11-13H2,1-2H3. The zero-order valence-corrected chi connectivity index (χ0v) is 16.7. The second-order valence-electron chi connectivity index (χ2n) is 7.42. The zero-order chi connectivity index (χ0) is 20.4. The molecule has 1 saturated heterocycles. The maximum absolute atomic E-state index is 12.6. The zero-order valence-electron chi connectivity index (χ0n) is 16.7. The summed E-state index contributed by atoms with van der Waals surface area (Å²) in [7, 11) is 0. The highest BCUT2D eigenvalue weighted by atomic mass is 16.5. The van der Waals surface area contributed by atoms with Gasteiger partial charge in [-0.15, -0.1) is 0 Å². The van der Waals surface area contributed by atoms with E-state index in [-0.39, 0.29) is 24.1 Å². The molecule has 3 heterocycles. The predicted molar refractivity (Wildman–Crippen MR) is 110 cm³/mol. The number of fused-ring (bicyclic) bond motifs is 1. The Hall–Kier alpha value is -3.22. The van der Waals surface area contributed by atoms with Crippen LogP contribution in [0.15, 0.2) is 47.7 Å². The smallest absolute Gasteiger partial charge is 0.256 e. The molecule has 7 nitrogen and oxygen atoms in total. The fourth-order valence-electron chi connectivity index (χ4n) is 3.61. The first-order valence-corrected chi connectivity index (χ1v) is 9.84. The molecular weight excluding hydrogens is 368 g/mol. The quantitative estimate of drug-likeness (QED) is 0.682. The van der Waals surface area contributed by atoms with Crippen LogP contribution in [0.1, 0.15) is 24.1 Å². The number of aryl methyl sites for hydroxylation is 1. The minimum atomic E-state index is -0.160. The van der Waals surface area contributed by atoms with Gasteiger partial charge in [0.1, 0.15) is 23.9 Å². The van der Waals surface area contributed by atoms with Crippen LogP contribution >= 0.6 is 0 Å². The van der Waals surface area contributed by atoms with Gasteiger partial charge in [0.15, 0.2) is 0 Å². The van der Waals surface area contributed by atoms with E-state index in [1.54, 1.807) is 24.9 Å². The first-order valence-electron chi connectivity index (χ1n) is 9.84. The summed E-state index contributed by atoms with van der Waals surface area (Å²) in [5, 5.41) is 1.05. The lowest BCUT2D eigenvalue weighted by Gasteiger charge is -2.32. The highest BCUT2D eigenvalue weighted by Gasteiger charge is 2.25. The summed E-state index contributed by atoms with van der Waals surface area (Å²) < 4.78 is 7.58. The van der Waals surface area contributed by atoms with Gasteiger partial charge in [-0.25, -0.2) is 4.98 Å². The maximum atomic E-state index is 12.6. The van der Waals surface area contributed by atoms with Crippen LogP contribution in [0, 0.1) is 13.8 Å². The van der Waals surface area contributed by atoms with E-state index in [1.807, 2.05) is 30.3 Å². The van der Waals surface area contributed by atoms with Crippen molar-refractivity contribution in [3.8, 4) is 5.75 Å². The van der Waals surface area contributed by atoms with Crippen LogP contribution in [0.3, 0.4) is 0 Å². The van der Waals surface area contributed by atoms with Crippen LogP contribution in [0.25, 0.3) is 10.9 Å². The Morgan fingerprint density at radius 2 is 1.90 bits per heavy atom. The van der Waals surface area contributed by atoms with Gasteiger partial charge in [-0.05, 0) is 26.0 Å². The van der Waals surface area contributed by atoms with Gasteiger partial charge in [-0.2, -0.15) is 0 Å². The van der Waals surface area contributed by atoms with E-state index in [0.29, 0.717) is 24.3 Å². The number of piperidine rings is 1. The largest absolute Gasteiger partial charge is 0.488 e. The van der Waals surface area contributed by atoms with E-state index in [4.69, 9.17) is 4.74 Å². The summed E-state index contributed by atoms with van der Waals surface area (Å²) in [5.74, 6) is 0.711. The summed E-state index contributed by atoms with van der Waals surface area (Å²) in [4.78, 5) is 35.4. The molecule has 2 aromatic heterocycles. The highest BCUT2D eigenvalue weighted by Crippen LogP contribution is 2.26. The minimum Gasteiger partial charge on any atom is -0.488 e. The molecule has 0 bridgehead atoms. The molecule has 0 radical (unpaired) electrons. The SMILES string of the molecule is Cc1ncn(CC(=O)N2CCC(Oc3cccc4cccnc34)CC2)c(=O)c1C. The fourth-order valence-corrected chi connectivity index (χ4v) is 3.61. The van der Waals surface area contributed by atoms with Crippen molar-refractivity contribution in [2.24, 2.45) is 0 Å². The summed E-state index contributed by atoms with van der Waals surface area (Å²) in [5.41, 5.74) is 1.97. The van der Waals surface area contributed by atoms with E-state index in [1.165, 1.54) is 10.9 Å². The average molecular weight is 392 g/mol. The molecule has 29 heavy (non-hydrogen) atoms. The third kappa shape index (κ3) is 3.99. The van der Waals surface area contributed by atoms with Crippen molar-refractivity contribution in [2.75, 3.05) is 13.1 Å². The molecule has 3 aromatic rings. The van der Waals surface area contributed by atoms with E-state index in [0.717, 1.165) is 29.5 Å². The van der Waals surface area contributed by atoms with E-state index in [9.17, 15) is 9.59 Å². The molecule has 0 spiro atoms. The number of ether oxygens (including phenoxy) is 1. The van der Waals surface area contributed by atoms with Gasteiger partial charge >= 0.3 is 0 Å². The number of likely N-dealkylation sites (tertiary alicyclic amines) is 1. The number of hydrogen-bond donors (Lipinski definition) is 0. The van der Waals surface area contributed by atoms with Gasteiger partial charge in [0.05, 0.1) is 6.33 Å². The number of para-hydroxylation sites is 1.